The van der Waals surface area contributed by atoms with Crippen LogP contribution in [0.4, 0.5) is 0 Å². The second kappa shape index (κ2) is 3.56. The Hall–Kier alpha value is -0.730. The molecule has 0 N–H and O–H groups in total. The van der Waals surface area contributed by atoms with E-state index in [0.29, 0.717) is 13.4 Å². The fourth-order valence-corrected chi connectivity index (χ4v) is 1.78. The van der Waals surface area contributed by atoms with Gasteiger partial charge in [0.15, 0.2) is 6.79 Å². The van der Waals surface area contributed by atoms with Crippen LogP contribution in [0.5, 0.6) is 5.75 Å². The van der Waals surface area contributed by atoms with E-state index in [0.717, 1.165) is 28.3 Å². The molecule has 0 bridgehead atoms. The monoisotopic (exact) mass is 198 g/mol. The summed E-state index contributed by atoms with van der Waals surface area (Å²) in [6.07, 6.45) is 0.933. The Labute approximate surface area is 82.4 Å². The Morgan fingerprint density at radius 1 is 1.46 bits per heavy atom. The number of rotatable bonds is 1. The normalized spacial score (nSPS) is 14.9. The van der Waals surface area contributed by atoms with Gasteiger partial charge in [0, 0.05) is 10.6 Å². The number of benzene rings is 1. The van der Waals surface area contributed by atoms with Gasteiger partial charge in [-0.05, 0) is 24.1 Å². The Bertz CT molecular complexity index is 306. The summed E-state index contributed by atoms with van der Waals surface area (Å²) in [7, 11) is 0. The summed E-state index contributed by atoms with van der Waals surface area (Å²) in [5.41, 5.74) is 2.21. The summed E-state index contributed by atoms with van der Waals surface area (Å²) in [4.78, 5) is 0. The van der Waals surface area contributed by atoms with E-state index in [9.17, 15) is 0 Å². The number of hydrogen-bond acceptors (Lipinski definition) is 2. The van der Waals surface area contributed by atoms with Crippen LogP contribution in [-0.2, 0) is 17.8 Å². The molecule has 2 nitrogen and oxygen atoms in total. The van der Waals surface area contributed by atoms with Crippen molar-refractivity contribution in [2.75, 3.05) is 6.79 Å². The molecule has 1 aliphatic heterocycles. The highest BCUT2D eigenvalue weighted by Crippen LogP contribution is 2.31. The van der Waals surface area contributed by atoms with Crippen molar-refractivity contribution >= 4 is 11.6 Å². The Kier molecular flexibility index (Phi) is 2.42. The first-order valence-corrected chi connectivity index (χ1v) is 4.71. The fourth-order valence-electron chi connectivity index (χ4n) is 1.52. The molecular weight excluding hydrogens is 188 g/mol. The summed E-state index contributed by atoms with van der Waals surface area (Å²) in [6, 6.07) is 3.85. The minimum Gasteiger partial charge on any atom is -0.467 e. The second-order valence-corrected chi connectivity index (χ2v) is 3.45. The van der Waals surface area contributed by atoms with E-state index in [1.807, 2.05) is 12.1 Å². The zero-order chi connectivity index (χ0) is 9.26. The molecular formula is C10H11ClO2. The van der Waals surface area contributed by atoms with Gasteiger partial charge in [-0.3, -0.25) is 0 Å². The van der Waals surface area contributed by atoms with Crippen molar-refractivity contribution in [1.82, 2.24) is 0 Å². The number of hydrogen-bond donors (Lipinski definition) is 0. The molecule has 2 rings (SSSR count). The lowest BCUT2D eigenvalue weighted by atomic mass is 10.1. The third kappa shape index (κ3) is 1.64. The van der Waals surface area contributed by atoms with E-state index in [1.54, 1.807) is 0 Å². The molecule has 0 aliphatic carbocycles. The Balaban J connectivity index is 2.50. The molecule has 0 aromatic heterocycles. The lowest BCUT2D eigenvalue weighted by molar-refractivity contribution is -0.0170. The van der Waals surface area contributed by atoms with E-state index in [1.165, 1.54) is 0 Å². The molecule has 1 heterocycles. The lowest BCUT2D eigenvalue weighted by Crippen LogP contribution is -2.12. The van der Waals surface area contributed by atoms with Gasteiger partial charge < -0.3 is 9.47 Å². The smallest absolute Gasteiger partial charge is 0.189 e. The molecule has 1 aromatic rings. The van der Waals surface area contributed by atoms with E-state index in [2.05, 4.69) is 6.92 Å². The molecule has 70 valence electrons. The zero-order valence-electron chi connectivity index (χ0n) is 7.47. The van der Waals surface area contributed by atoms with Gasteiger partial charge >= 0.3 is 0 Å². The van der Waals surface area contributed by atoms with E-state index < -0.39 is 0 Å². The molecule has 0 radical (unpaired) electrons. The summed E-state index contributed by atoms with van der Waals surface area (Å²) >= 11 is 5.95. The van der Waals surface area contributed by atoms with E-state index >= 15 is 0 Å². The quantitative estimate of drug-likeness (QED) is 0.691. The third-order valence-electron chi connectivity index (χ3n) is 2.13. The molecule has 0 saturated heterocycles. The molecule has 0 unspecified atom stereocenters. The van der Waals surface area contributed by atoms with Crippen LogP contribution in [0, 0.1) is 0 Å². The maximum absolute atomic E-state index is 5.95. The van der Waals surface area contributed by atoms with Crippen molar-refractivity contribution in [3.63, 3.8) is 0 Å². The second-order valence-electron chi connectivity index (χ2n) is 3.02. The van der Waals surface area contributed by atoms with Crippen LogP contribution in [-0.4, -0.2) is 6.79 Å². The molecule has 3 heteroatoms. The van der Waals surface area contributed by atoms with Gasteiger partial charge in [-0.25, -0.2) is 0 Å². The molecule has 0 spiro atoms. The van der Waals surface area contributed by atoms with Gasteiger partial charge in [-0.1, -0.05) is 18.5 Å². The van der Waals surface area contributed by atoms with E-state index in [-0.39, 0.29) is 0 Å². The lowest BCUT2D eigenvalue weighted by Gasteiger charge is -2.20. The summed E-state index contributed by atoms with van der Waals surface area (Å²) in [5.74, 6) is 0.957. The van der Waals surface area contributed by atoms with Crippen LogP contribution in [0.1, 0.15) is 18.1 Å². The zero-order valence-corrected chi connectivity index (χ0v) is 8.23. The third-order valence-corrected chi connectivity index (χ3v) is 2.35. The molecule has 0 atom stereocenters. The minimum atomic E-state index is 0.349. The summed E-state index contributed by atoms with van der Waals surface area (Å²) < 4.78 is 10.6. The highest BCUT2D eigenvalue weighted by atomic mass is 35.5. The molecule has 0 amide bonds. The first-order chi connectivity index (χ1) is 6.31. The number of fused-ring (bicyclic) bond motifs is 1. The van der Waals surface area contributed by atoms with Crippen molar-refractivity contribution in [3.05, 3.63) is 28.3 Å². The Morgan fingerprint density at radius 2 is 2.31 bits per heavy atom. The predicted octanol–water partition coefficient (Wildman–Crippen LogP) is 2.77. The first kappa shape index (κ1) is 8.85. The van der Waals surface area contributed by atoms with Crippen LogP contribution < -0.4 is 4.74 Å². The van der Waals surface area contributed by atoms with Gasteiger partial charge in [-0.15, -0.1) is 0 Å². The van der Waals surface area contributed by atoms with Crippen LogP contribution in [0.25, 0.3) is 0 Å². The van der Waals surface area contributed by atoms with Gasteiger partial charge in [0.1, 0.15) is 5.75 Å². The van der Waals surface area contributed by atoms with Crippen molar-refractivity contribution in [3.8, 4) is 5.75 Å². The van der Waals surface area contributed by atoms with Gasteiger partial charge in [-0.2, -0.15) is 0 Å². The number of aryl methyl sites for hydroxylation is 1. The highest BCUT2D eigenvalue weighted by molar-refractivity contribution is 6.30. The minimum absolute atomic E-state index is 0.349. The SMILES string of the molecule is CCc1cc(Cl)cc2c1OCOC2. The fraction of sp³-hybridized carbons (Fsp3) is 0.400. The standard InChI is InChI=1S/C10H11ClO2/c1-2-7-3-9(11)4-8-5-12-6-13-10(7)8/h3-4H,2,5-6H2,1H3. The van der Waals surface area contributed by atoms with Crippen molar-refractivity contribution in [2.24, 2.45) is 0 Å². The van der Waals surface area contributed by atoms with Crippen molar-refractivity contribution in [1.29, 1.82) is 0 Å². The topological polar surface area (TPSA) is 18.5 Å². The van der Waals surface area contributed by atoms with E-state index in [4.69, 9.17) is 21.1 Å². The molecule has 0 fully saturated rings. The van der Waals surface area contributed by atoms with Gasteiger partial charge in [0.05, 0.1) is 6.61 Å². The molecule has 1 aromatic carbocycles. The largest absolute Gasteiger partial charge is 0.467 e. The molecule has 0 saturated carbocycles. The van der Waals surface area contributed by atoms with Crippen LogP contribution in [0.2, 0.25) is 5.02 Å². The molecule has 13 heavy (non-hydrogen) atoms. The van der Waals surface area contributed by atoms with Crippen LogP contribution in [0.3, 0.4) is 0 Å². The van der Waals surface area contributed by atoms with Crippen LogP contribution in [0.15, 0.2) is 12.1 Å². The molecule has 1 aliphatic rings. The highest BCUT2D eigenvalue weighted by Gasteiger charge is 2.14. The Morgan fingerprint density at radius 3 is 3.08 bits per heavy atom. The van der Waals surface area contributed by atoms with Gasteiger partial charge in [0.25, 0.3) is 0 Å². The van der Waals surface area contributed by atoms with Crippen molar-refractivity contribution < 1.29 is 9.47 Å². The predicted molar refractivity (Wildman–Crippen MR) is 51.1 cm³/mol. The average Bonchev–Trinajstić information content (AvgIpc) is 2.16. The maximum atomic E-state index is 5.95. The first-order valence-electron chi connectivity index (χ1n) is 4.33. The average molecular weight is 199 g/mol. The van der Waals surface area contributed by atoms with Crippen molar-refractivity contribution in [2.45, 2.75) is 20.0 Å². The number of ether oxygens (including phenoxy) is 2. The van der Waals surface area contributed by atoms with Crippen LogP contribution >= 0.6 is 11.6 Å². The number of halogens is 1. The maximum Gasteiger partial charge on any atom is 0.189 e. The summed E-state index contributed by atoms with van der Waals surface area (Å²) in [5, 5.41) is 0.754. The van der Waals surface area contributed by atoms with Gasteiger partial charge in [0.2, 0.25) is 0 Å². The summed E-state index contributed by atoms with van der Waals surface area (Å²) in [6.45, 7) is 3.04.